The summed E-state index contributed by atoms with van der Waals surface area (Å²) in [5, 5.41) is 1.83. The Morgan fingerprint density at radius 1 is 1.21 bits per heavy atom. The van der Waals surface area contributed by atoms with Gasteiger partial charge in [0.05, 0.1) is 16.2 Å². The number of para-hydroxylation sites is 1. The smallest absolute Gasteiger partial charge is 0.0820 e. The van der Waals surface area contributed by atoms with E-state index < -0.39 is 0 Å². The summed E-state index contributed by atoms with van der Waals surface area (Å²) in [6.07, 6.45) is 1.85. The lowest BCUT2D eigenvalue weighted by Gasteiger charge is -2.00. The van der Waals surface area contributed by atoms with Crippen LogP contribution in [0.5, 0.6) is 0 Å². The van der Waals surface area contributed by atoms with E-state index >= 15 is 0 Å². The minimum Gasteiger partial charge on any atom is -0.247 e. The van der Waals surface area contributed by atoms with Crippen LogP contribution in [0.2, 0.25) is 0 Å². The van der Waals surface area contributed by atoms with Gasteiger partial charge in [0.15, 0.2) is 0 Å². The highest BCUT2D eigenvalue weighted by molar-refractivity contribution is 6.48. The maximum absolute atomic E-state index is 5.99. The van der Waals surface area contributed by atoms with Gasteiger partial charge in [0.25, 0.3) is 0 Å². The summed E-state index contributed by atoms with van der Waals surface area (Å²) in [5.41, 5.74) is 1.80. The first-order valence-electron chi connectivity index (χ1n) is 4.49. The zero-order valence-electron chi connectivity index (χ0n) is 7.87. The average Bonchev–Trinajstić information content (AvgIpc) is 2.27. The van der Waals surface area contributed by atoms with Gasteiger partial charge in [-0.25, -0.2) is 4.98 Å². The minimum atomic E-state index is 0.691. The van der Waals surface area contributed by atoms with E-state index in [4.69, 9.17) is 11.6 Å². The number of aromatic nitrogens is 1. The van der Waals surface area contributed by atoms with Crippen LogP contribution in [-0.4, -0.2) is 4.98 Å². The number of hydrogen-bond acceptors (Lipinski definition) is 1. The zero-order valence-corrected chi connectivity index (χ0v) is 8.62. The van der Waals surface area contributed by atoms with E-state index in [1.165, 1.54) is 0 Å². The molecule has 0 saturated carbocycles. The highest BCUT2D eigenvalue weighted by atomic mass is 35.5. The fourth-order valence-electron chi connectivity index (χ4n) is 1.35. The molecule has 2 heteroatoms. The molecule has 2 rings (SSSR count). The molecule has 0 spiro atoms. The van der Waals surface area contributed by atoms with Gasteiger partial charge in [-0.15, -0.1) is 0 Å². The maximum atomic E-state index is 5.99. The molecule has 0 aliphatic heterocycles. The van der Waals surface area contributed by atoms with Crippen molar-refractivity contribution in [2.75, 3.05) is 0 Å². The molecular weight excluding hydrogens is 194 g/mol. The van der Waals surface area contributed by atoms with Crippen molar-refractivity contribution in [2.45, 2.75) is 6.92 Å². The van der Waals surface area contributed by atoms with E-state index in [-0.39, 0.29) is 0 Å². The van der Waals surface area contributed by atoms with Crippen molar-refractivity contribution in [3.8, 4) is 0 Å². The molecule has 2 aromatic rings. The Morgan fingerprint density at radius 3 is 2.79 bits per heavy atom. The van der Waals surface area contributed by atoms with Crippen molar-refractivity contribution >= 4 is 27.5 Å². The predicted molar refractivity (Wildman–Crippen MR) is 61.2 cm³/mol. The van der Waals surface area contributed by atoms with Gasteiger partial charge in [0, 0.05) is 5.39 Å². The molecule has 0 aliphatic rings. The maximum Gasteiger partial charge on any atom is 0.0820 e. The summed E-state index contributed by atoms with van der Waals surface area (Å²) < 4.78 is 0. The van der Waals surface area contributed by atoms with Gasteiger partial charge >= 0.3 is 0 Å². The van der Waals surface area contributed by atoms with Gasteiger partial charge in [-0.3, -0.25) is 0 Å². The van der Waals surface area contributed by atoms with E-state index in [1.54, 1.807) is 0 Å². The number of rotatable bonds is 1. The van der Waals surface area contributed by atoms with Crippen LogP contribution >= 0.6 is 11.6 Å². The summed E-state index contributed by atoms with van der Waals surface area (Å²) >= 11 is 5.99. The Labute approximate surface area is 88.0 Å². The second-order valence-corrected chi connectivity index (χ2v) is 3.43. The van der Waals surface area contributed by atoms with Gasteiger partial charge in [-0.1, -0.05) is 41.9 Å². The molecule has 0 saturated heterocycles. The summed E-state index contributed by atoms with van der Waals surface area (Å²) in [7, 11) is 0. The van der Waals surface area contributed by atoms with Crippen LogP contribution < -0.4 is 0 Å². The molecule has 1 heterocycles. The molecule has 0 amide bonds. The van der Waals surface area contributed by atoms with Gasteiger partial charge in [-0.2, -0.15) is 0 Å². The lowest BCUT2D eigenvalue weighted by molar-refractivity contribution is 1.36. The largest absolute Gasteiger partial charge is 0.247 e. The predicted octanol–water partition coefficient (Wildman–Crippen LogP) is 3.83. The monoisotopic (exact) mass is 203 g/mol. The second kappa shape index (κ2) is 3.81. The molecule has 1 aromatic carbocycles. The summed E-state index contributed by atoms with van der Waals surface area (Å²) in [4.78, 5) is 4.45. The topological polar surface area (TPSA) is 12.9 Å². The third kappa shape index (κ3) is 1.64. The van der Waals surface area contributed by atoms with Crippen molar-refractivity contribution in [3.63, 3.8) is 0 Å². The molecular formula is C12H10ClN. The third-order valence-corrected chi connectivity index (χ3v) is 2.51. The number of fused-ring (bicyclic) bond motifs is 1. The molecule has 70 valence electrons. The molecule has 0 bridgehead atoms. The molecule has 0 radical (unpaired) electrons. The lowest BCUT2D eigenvalue weighted by atomic mass is 10.2. The van der Waals surface area contributed by atoms with Crippen molar-refractivity contribution < 1.29 is 0 Å². The molecule has 0 fully saturated rings. The molecule has 0 aliphatic carbocycles. The van der Waals surface area contributed by atoms with E-state index in [0.29, 0.717) is 5.03 Å². The molecule has 1 nitrogen and oxygen atoms in total. The SMILES string of the molecule is CC=C(Cl)c1ccc2ccccc2n1. The highest BCUT2D eigenvalue weighted by Crippen LogP contribution is 2.19. The van der Waals surface area contributed by atoms with Crippen LogP contribution in [-0.2, 0) is 0 Å². The number of hydrogen-bond donors (Lipinski definition) is 0. The third-order valence-electron chi connectivity index (χ3n) is 2.10. The Morgan fingerprint density at radius 2 is 2.00 bits per heavy atom. The van der Waals surface area contributed by atoms with Gasteiger partial charge in [0.2, 0.25) is 0 Å². The Balaban J connectivity index is 2.62. The number of halogens is 1. The van der Waals surface area contributed by atoms with Gasteiger partial charge in [0.1, 0.15) is 0 Å². The molecule has 14 heavy (non-hydrogen) atoms. The molecule has 0 atom stereocenters. The van der Waals surface area contributed by atoms with Crippen molar-refractivity contribution in [1.82, 2.24) is 4.98 Å². The Hall–Kier alpha value is -1.34. The normalized spacial score (nSPS) is 12.0. The summed E-state index contributed by atoms with van der Waals surface area (Å²) in [5.74, 6) is 0. The quantitative estimate of drug-likeness (QED) is 0.687. The first-order chi connectivity index (χ1) is 6.81. The fourth-order valence-corrected chi connectivity index (χ4v) is 1.45. The minimum absolute atomic E-state index is 0.691. The summed E-state index contributed by atoms with van der Waals surface area (Å²) in [6.45, 7) is 1.90. The van der Waals surface area contributed by atoms with Crippen LogP contribution in [0.4, 0.5) is 0 Å². The standard InChI is InChI=1S/C12H10ClN/c1-2-10(13)12-8-7-9-5-3-4-6-11(9)14-12/h2-8H,1H3. The van der Waals surface area contributed by atoms with E-state index in [2.05, 4.69) is 4.98 Å². The fraction of sp³-hybridized carbons (Fsp3) is 0.0833. The average molecular weight is 204 g/mol. The van der Waals surface area contributed by atoms with E-state index in [1.807, 2.05) is 49.4 Å². The van der Waals surface area contributed by atoms with Crippen LogP contribution in [0.1, 0.15) is 12.6 Å². The number of pyridine rings is 1. The van der Waals surface area contributed by atoms with Crippen LogP contribution in [0, 0.1) is 0 Å². The van der Waals surface area contributed by atoms with Crippen LogP contribution in [0.3, 0.4) is 0 Å². The highest BCUT2D eigenvalue weighted by Gasteiger charge is 1.99. The first kappa shape index (κ1) is 9.22. The van der Waals surface area contributed by atoms with E-state index in [9.17, 15) is 0 Å². The lowest BCUT2D eigenvalue weighted by Crippen LogP contribution is -1.85. The van der Waals surface area contributed by atoms with E-state index in [0.717, 1.165) is 16.6 Å². The van der Waals surface area contributed by atoms with Gasteiger partial charge < -0.3 is 0 Å². The Kier molecular flexibility index (Phi) is 2.51. The van der Waals surface area contributed by atoms with Crippen LogP contribution in [0.15, 0.2) is 42.5 Å². The number of allylic oxidation sites excluding steroid dienone is 1. The zero-order chi connectivity index (χ0) is 9.97. The van der Waals surface area contributed by atoms with Gasteiger partial charge in [-0.05, 0) is 19.1 Å². The number of benzene rings is 1. The van der Waals surface area contributed by atoms with Crippen LogP contribution in [0.25, 0.3) is 15.9 Å². The van der Waals surface area contributed by atoms with Crippen molar-refractivity contribution in [2.24, 2.45) is 0 Å². The molecule has 1 aromatic heterocycles. The Bertz CT molecular complexity index is 488. The van der Waals surface area contributed by atoms with Crippen molar-refractivity contribution in [3.05, 3.63) is 48.2 Å². The molecule has 0 N–H and O–H groups in total. The number of nitrogens with zero attached hydrogens (tertiary/aromatic N) is 1. The molecule has 0 unspecified atom stereocenters. The second-order valence-electron chi connectivity index (χ2n) is 3.03. The first-order valence-corrected chi connectivity index (χ1v) is 4.87. The van der Waals surface area contributed by atoms with Crippen molar-refractivity contribution in [1.29, 1.82) is 0 Å². The summed E-state index contributed by atoms with van der Waals surface area (Å²) in [6, 6.07) is 12.0.